The van der Waals surface area contributed by atoms with Gasteiger partial charge < -0.3 is 10.7 Å². The van der Waals surface area contributed by atoms with Crippen LogP contribution in [0.3, 0.4) is 0 Å². The van der Waals surface area contributed by atoms with Gasteiger partial charge in [0.15, 0.2) is 0 Å². The van der Waals surface area contributed by atoms with E-state index in [-0.39, 0.29) is 11.4 Å². The Morgan fingerprint density at radius 3 is 2.63 bits per heavy atom. The molecule has 0 aliphatic heterocycles. The Labute approximate surface area is 159 Å². The standard InChI is InChI=1S/C18H13F3N4S2/c1-8-4-12-16(26-8)17-13(25-12)7-14(27-17)9-2-3-24-11(5-9)10(22)6-15(23)18(19,20)21/h2-7,23,25H,22H2,1H3/b10-6-,23-15?. The number of hydrogen-bond acceptors (Lipinski definition) is 5. The van der Waals surface area contributed by atoms with Crippen LogP contribution < -0.4 is 5.73 Å². The topological polar surface area (TPSA) is 78.6 Å². The van der Waals surface area contributed by atoms with Crippen molar-refractivity contribution in [3.8, 4) is 10.4 Å². The number of nitrogens with two attached hydrogens (primary N) is 1. The first-order chi connectivity index (χ1) is 12.7. The van der Waals surface area contributed by atoms with Gasteiger partial charge in [-0.3, -0.25) is 10.4 Å². The molecular weight excluding hydrogens is 393 g/mol. The number of hydrogen-bond donors (Lipinski definition) is 3. The van der Waals surface area contributed by atoms with Gasteiger partial charge in [-0.2, -0.15) is 13.2 Å². The van der Waals surface area contributed by atoms with E-state index in [4.69, 9.17) is 11.1 Å². The number of nitrogens with zero attached hydrogens (tertiary/aromatic N) is 1. The van der Waals surface area contributed by atoms with Gasteiger partial charge in [-0.25, -0.2) is 0 Å². The van der Waals surface area contributed by atoms with Crippen LogP contribution in [0, 0.1) is 12.3 Å². The molecule has 0 fully saturated rings. The second kappa shape index (κ2) is 6.21. The number of aryl methyl sites for hydroxylation is 1. The third-order valence-electron chi connectivity index (χ3n) is 4.01. The second-order valence-electron chi connectivity index (χ2n) is 6.02. The summed E-state index contributed by atoms with van der Waals surface area (Å²) in [5.41, 5.74) is 7.17. The summed E-state index contributed by atoms with van der Waals surface area (Å²) in [4.78, 5) is 9.61. The van der Waals surface area contributed by atoms with E-state index in [0.717, 1.165) is 26.2 Å². The molecule has 0 aliphatic rings. The first kappa shape index (κ1) is 17.7. The lowest BCUT2D eigenvalue weighted by Gasteiger charge is -2.06. The molecule has 0 aliphatic carbocycles. The third-order valence-corrected chi connectivity index (χ3v) is 6.41. The Hall–Kier alpha value is -2.65. The first-order valence-electron chi connectivity index (χ1n) is 7.84. The zero-order valence-electron chi connectivity index (χ0n) is 13.9. The van der Waals surface area contributed by atoms with Crippen LogP contribution in [-0.2, 0) is 0 Å². The number of nitrogens with one attached hydrogen (secondary N) is 2. The molecule has 9 heteroatoms. The van der Waals surface area contributed by atoms with E-state index in [1.54, 1.807) is 34.8 Å². The summed E-state index contributed by atoms with van der Waals surface area (Å²) in [6.45, 7) is 2.06. The first-order valence-corrected chi connectivity index (χ1v) is 9.47. The minimum atomic E-state index is -4.74. The maximum atomic E-state index is 12.5. The zero-order valence-corrected chi connectivity index (χ0v) is 15.6. The molecule has 0 aromatic carbocycles. The molecule has 4 N–H and O–H groups in total. The molecule has 0 atom stereocenters. The summed E-state index contributed by atoms with van der Waals surface area (Å²) < 4.78 is 40.0. The van der Waals surface area contributed by atoms with Gasteiger partial charge in [0.05, 0.1) is 31.8 Å². The smallest absolute Gasteiger partial charge is 0.397 e. The van der Waals surface area contributed by atoms with Crippen LogP contribution in [0.25, 0.3) is 36.6 Å². The molecule has 4 rings (SSSR count). The van der Waals surface area contributed by atoms with E-state index in [2.05, 4.69) is 23.0 Å². The predicted octanol–water partition coefficient (Wildman–Crippen LogP) is 5.70. The number of pyridine rings is 1. The van der Waals surface area contributed by atoms with Crippen LogP contribution in [0.15, 0.2) is 36.5 Å². The lowest BCUT2D eigenvalue weighted by atomic mass is 10.1. The molecule has 0 amide bonds. The number of aromatic nitrogens is 2. The number of fused-ring (bicyclic) bond motifs is 3. The fourth-order valence-corrected chi connectivity index (χ4v) is 5.00. The lowest BCUT2D eigenvalue weighted by Crippen LogP contribution is -2.20. The van der Waals surface area contributed by atoms with E-state index >= 15 is 0 Å². The Morgan fingerprint density at radius 1 is 1.19 bits per heavy atom. The number of alkyl halides is 3. The second-order valence-corrected chi connectivity index (χ2v) is 8.33. The number of aromatic amines is 1. The Balaban J connectivity index is 1.73. The molecule has 0 spiro atoms. The summed E-state index contributed by atoms with van der Waals surface area (Å²) in [7, 11) is 0. The molecule has 0 radical (unpaired) electrons. The fraction of sp³-hybridized carbons (Fsp3) is 0.111. The summed E-state index contributed by atoms with van der Waals surface area (Å²) in [5.74, 6) is 0. The monoisotopic (exact) mass is 406 g/mol. The van der Waals surface area contributed by atoms with E-state index in [9.17, 15) is 13.2 Å². The van der Waals surface area contributed by atoms with Crippen molar-refractivity contribution in [1.29, 1.82) is 5.41 Å². The number of allylic oxidation sites excluding steroid dienone is 1. The molecule has 0 saturated heterocycles. The van der Waals surface area contributed by atoms with Gasteiger partial charge in [0.2, 0.25) is 0 Å². The molecule has 0 saturated carbocycles. The van der Waals surface area contributed by atoms with Crippen molar-refractivity contribution in [2.24, 2.45) is 5.73 Å². The van der Waals surface area contributed by atoms with E-state index in [0.29, 0.717) is 6.08 Å². The van der Waals surface area contributed by atoms with Crippen LogP contribution in [0.5, 0.6) is 0 Å². The molecule has 4 aromatic rings. The number of rotatable bonds is 3. The van der Waals surface area contributed by atoms with E-state index in [1.165, 1.54) is 15.8 Å². The normalized spacial score (nSPS) is 13.0. The summed E-state index contributed by atoms with van der Waals surface area (Å²) >= 11 is 3.33. The molecule has 138 valence electrons. The highest BCUT2D eigenvalue weighted by Crippen LogP contribution is 2.41. The van der Waals surface area contributed by atoms with Gasteiger partial charge in [-0.05, 0) is 42.8 Å². The van der Waals surface area contributed by atoms with Crippen LogP contribution in [0.2, 0.25) is 0 Å². The summed E-state index contributed by atoms with van der Waals surface area (Å²) in [6.07, 6.45) is -2.65. The van der Waals surface area contributed by atoms with Gasteiger partial charge >= 0.3 is 6.18 Å². The number of thiophene rings is 2. The maximum Gasteiger partial charge on any atom is 0.432 e. The lowest BCUT2D eigenvalue weighted by molar-refractivity contribution is -0.0583. The average molecular weight is 406 g/mol. The molecule has 0 bridgehead atoms. The summed E-state index contributed by atoms with van der Waals surface area (Å²) in [6, 6.07) is 7.54. The van der Waals surface area contributed by atoms with Crippen LogP contribution in [0.1, 0.15) is 10.6 Å². The van der Waals surface area contributed by atoms with Crippen molar-refractivity contribution in [1.82, 2.24) is 9.97 Å². The molecule has 4 nitrogen and oxygen atoms in total. The quantitative estimate of drug-likeness (QED) is 0.382. The predicted molar refractivity (Wildman–Crippen MR) is 105 cm³/mol. The van der Waals surface area contributed by atoms with Crippen molar-refractivity contribution in [3.05, 3.63) is 47.1 Å². The minimum Gasteiger partial charge on any atom is -0.397 e. The van der Waals surface area contributed by atoms with Gasteiger partial charge in [-0.1, -0.05) is 0 Å². The van der Waals surface area contributed by atoms with Crippen molar-refractivity contribution >= 4 is 54.5 Å². The Morgan fingerprint density at radius 2 is 1.89 bits per heavy atom. The average Bonchev–Trinajstić information content (AvgIpc) is 3.24. The van der Waals surface area contributed by atoms with E-state index in [1.807, 2.05) is 6.07 Å². The maximum absolute atomic E-state index is 12.5. The number of halogens is 3. The highest BCUT2D eigenvalue weighted by Gasteiger charge is 2.32. The highest BCUT2D eigenvalue weighted by atomic mass is 32.1. The van der Waals surface area contributed by atoms with Crippen LogP contribution in [-0.4, -0.2) is 21.9 Å². The molecule has 4 aromatic heterocycles. The molecule has 4 heterocycles. The van der Waals surface area contributed by atoms with Crippen molar-refractivity contribution in [3.63, 3.8) is 0 Å². The van der Waals surface area contributed by atoms with Crippen molar-refractivity contribution in [2.75, 3.05) is 0 Å². The third kappa shape index (κ3) is 3.24. The Kier molecular flexibility index (Phi) is 4.08. The van der Waals surface area contributed by atoms with Crippen molar-refractivity contribution < 1.29 is 13.2 Å². The number of H-pyrrole nitrogens is 1. The zero-order chi connectivity index (χ0) is 19.3. The van der Waals surface area contributed by atoms with Gasteiger partial charge in [0.1, 0.15) is 5.71 Å². The summed E-state index contributed by atoms with van der Waals surface area (Å²) in [5, 5.41) is 7.06. The minimum absolute atomic E-state index is 0.197. The van der Waals surface area contributed by atoms with Gasteiger partial charge in [0.25, 0.3) is 0 Å². The van der Waals surface area contributed by atoms with Gasteiger partial charge in [0, 0.05) is 16.0 Å². The van der Waals surface area contributed by atoms with Crippen LogP contribution >= 0.6 is 22.7 Å². The molecule has 0 unspecified atom stereocenters. The van der Waals surface area contributed by atoms with Crippen molar-refractivity contribution in [2.45, 2.75) is 13.1 Å². The highest BCUT2D eigenvalue weighted by molar-refractivity contribution is 7.29. The molecular formula is C18H13F3N4S2. The molecule has 27 heavy (non-hydrogen) atoms. The van der Waals surface area contributed by atoms with Gasteiger partial charge in [-0.15, -0.1) is 22.7 Å². The largest absolute Gasteiger partial charge is 0.432 e. The fourth-order valence-electron chi connectivity index (χ4n) is 2.77. The Bertz CT molecular complexity index is 1210. The SMILES string of the molecule is Cc1cc2[nH]c3cc(-c4ccnc(/C(N)=C/C(=N)C(F)(F)F)c4)sc3c2s1. The van der Waals surface area contributed by atoms with E-state index < -0.39 is 11.9 Å². The van der Waals surface area contributed by atoms with Crippen LogP contribution in [0.4, 0.5) is 13.2 Å².